The maximum Gasteiger partial charge on any atom is 0.142 e. The van der Waals surface area contributed by atoms with Gasteiger partial charge in [-0.3, -0.25) is 0 Å². The van der Waals surface area contributed by atoms with E-state index in [1.165, 1.54) is 5.56 Å². The van der Waals surface area contributed by atoms with Gasteiger partial charge in [-0.05, 0) is 36.8 Å². The highest BCUT2D eigenvalue weighted by Gasteiger charge is 2.41. The number of hydrogen-bond acceptors (Lipinski definition) is 4. The Morgan fingerprint density at radius 2 is 2.05 bits per heavy atom. The van der Waals surface area contributed by atoms with Crippen LogP contribution in [0.4, 0.5) is 5.82 Å². The molecule has 2 atom stereocenters. The van der Waals surface area contributed by atoms with Crippen LogP contribution in [0, 0.1) is 22.7 Å². The van der Waals surface area contributed by atoms with Crippen molar-refractivity contribution in [3.8, 4) is 23.3 Å². The first-order valence-corrected chi connectivity index (χ1v) is 7.44. The lowest BCUT2D eigenvalue weighted by Gasteiger charge is -2.20. The average molecular weight is 289 g/mol. The number of nitriles is 2. The summed E-state index contributed by atoms with van der Waals surface area (Å²) < 4.78 is 1.78. The molecular formula is C17H15N5. The summed E-state index contributed by atoms with van der Waals surface area (Å²) in [5, 5.41) is 18.7. The van der Waals surface area contributed by atoms with Gasteiger partial charge in [-0.15, -0.1) is 0 Å². The number of nitrogens with zero attached hydrogens (tertiary/aromatic N) is 4. The second-order valence-corrected chi connectivity index (χ2v) is 6.20. The van der Waals surface area contributed by atoms with Gasteiger partial charge in [-0.2, -0.15) is 10.5 Å². The molecule has 0 spiro atoms. The number of aromatic nitrogens is 2. The molecule has 0 saturated heterocycles. The lowest BCUT2D eigenvalue weighted by Crippen LogP contribution is -2.09. The molecule has 0 unspecified atom stereocenters. The standard InChI is InChI=1S/C17H15N5/c1-22-8-11(5-12(22)6-18)14-13(7-19)17(20)21-16-10-3-2-9(4-10)15(14)16/h5,8-10H,2-4H2,1H3,(H2,20,21)/t9-,10+/m0/s1. The average Bonchev–Trinajstić information content (AvgIpc) is 3.20. The molecule has 2 aromatic heterocycles. The van der Waals surface area contributed by atoms with E-state index >= 15 is 0 Å². The van der Waals surface area contributed by atoms with E-state index < -0.39 is 0 Å². The van der Waals surface area contributed by atoms with E-state index in [9.17, 15) is 10.5 Å². The van der Waals surface area contributed by atoms with Crippen molar-refractivity contribution < 1.29 is 0 Å². The third-order valence-corrected chi connectivity index (χ3v) is 5.04. The van der Waals surface area contributed by atoms with Crippen LogP contribution < -0.4 is 5.73 Å². The molecule has 1 saturated carbocycles. The van der Waals surface area contributed by atoms with Crippen molar-refractivity contribution in [2.75, 3.05) is 5.73 Å². The van der Waals surface area contributed by atoms with Crippen LogP contribution in [0.5, 0.6) is 0 Å². The highest BCUT2D eigenvalue weighted by molar-refractivity contribution is 5.81. The van der Waals surface area contributed by atoms with Crippen LogP contribution in [0.2, 0.25) is 0 Å². The Morgan fingerprint density at radius 3 is 2.73 bits per heavy atom. The molecule has 2 aliphatic rings. The van der Waals surface area contributed by atoms with E-state index in [-0.39, 0.29) is 0 Å². The maximum atomic E-state index is 9.55. The van der Waals surface area contributed by atoms with E-state index in [0.717, 1.165) is 36.1 Å². The van der Waals surface area contributed by atoms with E-state index in [1.807, 2.05) is 19.3 Å². The van der Waals surface area contributed by atoms with E-state index in [2.05, 4.69) is 17.1 Å². The third-order valence-electron chi connectivity index (χ3n) is 5.04. The second kappa shape index (κ2) is 4.35. The number of fused-ring (bicyclic) bond motifs is 5. The Hall–Kier alpha value is -2.79. The van der Waals surface area contributed by atoms with Crippen molar-refractivity contribution in [3.05, 3.63) is 34.8 Å². The van der Waals surface area contributed by atoms with Gasteiger partial charge in [-0.25, -0.2) is 4.98 Å². The van der Waals surface area contributed by atoms with Gasteiger partial charge in [-0.1, -0.05) is 0 Å². The fourth-order valence-corrected chi connectivity index (χ4v) is 4.08. The fraction of sp³-hybridized carbons (Fsp3) is 0.353. The van der Waals surface area contributed by atoms with Gasteiger partial charge in [0, 0.05) is 30.3 Å². The molecule has 22 heavy (non-hydrogen) atoms. The molecule has 2 aromatic rings. The van der Waals surface area contributed by atoms with E-state index in [4.69, 9.17) is 5.73 Å². The molecule has 5 nitrogen and oxygen atoms in total. The summed E-state index contributed by atoms with van der Waals surface area (Å²) in [6.45, 7) is 0. The first-order chi connectivity index (χ1) is 10.6. The smallest absolute Gasteiger partial charge is 0.142 e. The fourth-order valence-electron chi connectivity index (χ4n) is 4.08. The number of hydrogen-bond donors (Lipinski definition) is 1. The summed E-state index contributed by atoms with van der Waals surface area (Å²) in [6, 6.07) is 6.23. The number of aryl methyl sites for hydroxylation is 1. The minimum absolute atomic E-state index is 0.311. The molecule has 0 amide bonds. The van der Waals surface area contributed by atoms with Gasteiger partial charge in [0.15, 0.2) is 0 Å². The Balaban J connectivity index is 2.05. The van der Waals surface area contributed by atoms with Crippen molar-refractivity contribution in [2.24, 2.45) is 7.05 Å². The molecule has 108 valence electrons. The van der Waals surface area contributed by atoms with Crippen molar-refractivity contribution in [3.63, 3.8) is 0 Å². The Morgan fingerprint density at radius 1 is 1.27 bits per heavy atom. The van der Waals surface area contributed by atoms with Crippen LogP contribution in [0.3, 0.4) is 0 Å². The van der Waals surface area contributed by atoms with E-state index in [0.29, 0.717) is 28.9 Å². The third kappa shape index (κ3) is 1.54. The van der Waals surface area contributed by atoms with Gasteiger partial charge in [0.2, 0.25) is 0 Å². The van der Waals surface area contributed by atoms with Crippen molar-refractivity contribution in [1.82, 2.24) is 9.55 Å². The van der Waals surface area contributed by atoms with Crippen molar-refractivity contribution >= 4 is 5.82 Å². The molecule has 5 heteroatoms. The molecule has 2 N–H and O–H groups in total. The van der Waals surface area contributed by atoms with Crippen molar-refractivity contribution in [2.45, 2.75) is 31.1 Å². The summed E-state index contributed by atoms with van der Waals surface area (Å²) in [5.74, 6) is 1.26. The zero-order valence-corrected chi connectivity index (χ0v) is 12.3. The van der Waals surface area contributed by atoms with Crippen molar-refractivity contribution in [1.29, 1.82) is 10.5 Å². The number of nitrogens with two attached hydrogens (primary N) is 1. The van der Waals surface area contributed by atoms with Crippen LogP contribution in [-0.2, 0) is 7.05 Å². The summed E-state index contributed by atoms with van der Waals surface area (Å²) >= 11 is 0. The molecular weight excluding hydrogens is 274 g/mol. The van der Waals surface area contributed by atoms with E-state index in [1.54, 1.807) is 4.57 Å². The highest BCUT2D eigenvalue weighted by Crippen LogP contribution is 2.56. The monoisotopic (exact) mass is 289 g/mol. The molecule has 0 aromatic carbocycles. The second-order valence-electron chi connectivity index (χ2n) is 6.20. The van der Waals surface area contributed by atoms with Crippen LogP contribution in [0.1, 0.15) is 53.6 Å². The molecule has 0 radical (unpaired) electrons. The zero-order chi connectivity index (χ0) is 15.4. The first-order valence-electron chi connectivity index (χ1n) is 7.44. The van der Waals surface area contributed by atoms with Crippen LogP contribution in [0.15, 0.2) is 12.3 Å². The minimum Gasteiger partial charge on any atom is -0.383 e. The van der Waals surface area contributed by atoms with Gasteiger partial charge in [0.05, 0.1) is 5.69 Å². The van der Waals surface area contributed by atoms with Crippen LogP contribution in [-0.4, -0.2) is 9.55 Å². The maximum absolute atomic E-state index is 9.55. The predicted molar refractivity (Wildman–Crippen MR) is 81.8 cm³/mol. The van der Waals surface area contributed by atoms with Gasteiger partial charge >= 0.3 is 0 Å². The largest absolute Gasteiger partial charge is 0.383 e. The molecule has 2 heterocycles. The van der Waals surface area contributed by atoms with Gasteiger partial charge in [0.25, 0.3) is 0 Å². The normalized spacial score (nSPS) is 21.4. The summed E-state index contributed by atoms with van der Waals surface area (Å²) in [4.78, 5) is 4.53. The molecule has 2 aliphatic carbocycles. The lowest BCUT2D eigenvalue weighted by molar-refractivity contribution is 0.699. The predicted octanol–water partition coefficient (Wildman–Crippen LogP) is 2.78. The van der Waals surface area contributed by atoms with Gasteiger partial charge < -0.3 is 10.3 Å². The number of nitrogen functional groups attached to an aromatic ring is 1. The molecule has 0 aliphatic heterocycles. The summed E-state index contributed by atoms with van der Waals surface area (Å²) in [5.41, 5.74) is 11.1. The lowest BCUT2D eigenvalue weighted by atomic mass is 9.87. The molecule has 1 fully saturated rings. The first kappa shape index (κ1) is 12.9. The summed E-state index contributed by atoms with van der Waals surface area (Å²) in [6.07, 6.45) is 5.33. The Labute approximate surface area is 128 Å². The molecule has 4 rings (SSSR count). The molecule has 2 bridgehead atoms. The number of anilines is 1. The quantitative estimate of drug-likeness (QED) is 0.873. The Kier molecular flexibility index (Phi) is 2.55. The van der Waals surface area contributed by atoms with Crippen LogP contribution >= 0.6 is 0 Å². The number of pyridine rings is 1. The highest BCUT2D eigenvalue weighted by atomic mass is 14.9. The SMILES string of the molecule is Cn1cc(-c2c(C#N)c(N)nc3c2[C@H]2CC[C@@H]3C2)cc1C#N. The Bertz CT molecular complexity index is 878. The minimum atomic E-state index is 0.311. The van der Waals surface area contributed by atoms with Crippen LogP contribution in [0.25, 0.3) is 11.1 Å². The zero-order valence-electron chi connectivity index (χ0n) is 12.3. The summed E-state index contributed by atoms with van der Waals surface area (Å²) in [7, 11) is 1.84. The van der Waals surface area contributed by atoms with Gasteiger partial charge in [0.1, 0.15) is 29.2 Å². The topological polar surface area (TPSA) is 91.4 Å². The number of rotatable bonds is 1.